The van der Waals surface area contributed by atoms with Crippen LogP contribution in [0.15, 0.2) is 12.4 Å². The van der Waals surface area contributed by atoms with Crippen LogP contribution in [0.25, 0.3) is 0 Å². The third-order valence-corrected chi connectivity index (χ3v) is 4.58. The molecule has 0 atom stereocenters. The molecule has 0 aromatic carbocycles. The maximum Gasteiger partial charge on any atom is 0.0534 e. The predicted molar refractivity (Wildman–Crippen MR) is 69.7 cm³/mol. The molecule has 1 heterocycles. The van der Waals surface area contributed by atoms with Crippen molar-refractivity contribution in [2.24, 2.45) is 0 Å². The Labute approximate surface area is 102 Å². The van der Waals surface area contributed by atoms with Crippen molar-refractivity contribution in [3.05, 3.63) is 18.0 Å². The fourth-order valence-electron chi connectivity index (χ4n) is 1.88. The lowest BCUT2D eigenvalue weighted by Crippen LogP contribution is -2.25. The van der Waals surface area contributed by atoms with Crippen LogP contribution in [-0.2, 0) is 13.1 Å². The Bertz CT molecular complexity index is 331. The van der Waals surface area contributed by atoms with Crippen LogP contribution < -0.4 is 5.32 Å². The van der Waals surface area contributed by atoms with Gasteiger partial charge in [0.15, 0.2) is 0 Å². The number of hydrogen-bond acceptors (Lipinski definition) is 3. The van der Waals surface area contributed by atoms with Gasteiger partial charge in [0.25, 0.3) is 0 Å². The van der Waals surface area contributed by atoms with Crippen molar-refractivity contribution in [3.63, 3.8) is 0 Å². The molecule has 0 saturated heterocycles. The molecule has 0 spiro atoms. The zero-order chi connectivity index (χ0) is 11.4. The van der Waals surface area contributed by atoms with Gasteiger partial charge < -0.3 is 5.32 Å². The van der Waals surface area contributed by atoms with E-state index in [1.165, 1.54) is 18.4 Å². The van der Waals surface area contributed by atoms with Gasteiger partial charge in [-0.15, -0.1) is 0 Å². The van der Waals surface area contributed by atoms with E-state index in [2.05, 4.69) is 29.8 Å². The molecule has 1 fully saturated rings. The second-order valence-corrected chi connectivity index (χ2v) is 5.88. The van der Waals surface area contributed by atoms with E-state index in [0.717, 1.165) is 26.1 Å². The molecule has 1 aliphatic rings. The first-order valence-electron chi connectivity index (χ1n) is 6.05. The van der Waals surface area contributed by atoms with Crippen molar-refractivity contribution in [2.75, 3.05) is 12.8 Å². The first-order chi connectivity index (χ1) is 7.78. The van der Waals surface area contributed by atoms with Crippen LogP contribution in [0.1, 0.15) is 31.7 Å². The molecule has 1 aromatic heterocycles. The minimum absolute atomic E-state index is 0.555. The smallest absolute Gasteiger partial charge is 0.0534 e. The molecule has 4 heteroatoms. The number of nitrogens with zero attached hydrogens (tertiary/aromatic N) is 2. The van der Waals surface area contributed by atoms with Crippen molar-refractivity contribution in [1.29, 1.82) is 0 Å². The second-order valence-electron chi connectivity index (χ2n) is 4.60. The van der Waals surface area contributed by atoms with Gasteiger partial charge in [-0.25, -0.2) is 0 Å². The highest BCUT2D eigenvalue weighted by Crippen LogP contribution is 2.46. The lowest BCUT2D eigenvalue weighted by atomic mass is 10.3. The fraction of sp³-hybridized carbons (Fsp3) is 0.750. The Morgan fingerprint density at radius 1 is 1.56 bits per heavy atom. The molecule has 0 amide bonds. The van der Waals surface area contributed by atoms with E-state index in [1.54, 1.807) is 0 Å². The predicted octanol–water partition coefficient (Wildman–Crippen LogP) is 2.28. The average molecular weight is 239 g/mol. The number of aromatic nitrogens is 2. The summed E-state index contributed by atoms with van der Waals surface area (Å²) in [5.41, 5.74) is 1.30. The Kier molecular flexibility index (Phi) is 3.92. The number of thioether (sulfide) groups is 1. The molecule has 1 aromatic rings. The summed E-state index contributed by atoms with van der Waals surface area (Å²) < 4.78 is 2.58. The fourth-order valence-corrected chi connectivity index (χ4v) is 2.63. The van der Waals surface area contributed by atoms with Crippen LogP contribution in [-0.4, -0.2) is 27.3 Å². The zero-order valence-electron chi connectivity index (χ0n) is 10.2. The third kappa shape index (κ3) is 3.01. The second kappa shape index (κ2) is 5.23. The third-order valence-electron chi connectivity index (χ3n) is 3.16. The topological polar surface area (TPSA) is 29.9 Å². The molecule has 0 radical (unpaired) electrons. The summed E-state index contributed by atoms with van der Waals surface area (Å²) in [6, 6.07) is 0. The lowest BCUT2D eigenvalue weighted by Gasteiger charge is -2.12. The molecule has 90 valence electrons. The van der Waals surface area contributed by atoms with E-state index < -0.39 is 0 Å². The van der Waals surface area contributed by atoms with Gasteiger partial charge in [-0.1, -0.05) is 6.92 Å². The monoisotopic (exact) mass is 239 g/mol. The highest BCUT2D eigenvalue weighted by Gasteiger charge is 2.41. The summed E-state index contributed by atoms with van der Waals surface area (Å²) in [6.45, 7) is 5.28. The number of hydrogen-bond donors (Lipinski definition) is 1. The van der Waals surface area contributed by atoms with Crippen molar-refractivity contribution in [3.8, 4) is 0 Å². The Hall–Kier alpha value is -0.480. The van der Waals surface area contributed by atoms with E-state index >= 15 is 0 Å². The number of rotatable bonds is 7. The number of nitrogens with one attached hydrogen (secondary N) is 1. The Balaban J connectivity index is 1.72. The maximum absolute atomic E-state index is 4.33. The molecule has 16 heavy (non-hydrogen) atoms. The van der Waals surface area contributed by atoms with Crippen LogP contribution in [0.3, 0.4) is 0 Å². The lowest BCUT2D eigenvalue weighted by molar-refractivity contribution is 0.601. The summed E-state index contributed by atoms with van der Waals surface area (Å²) in [5, 5.41) is 7.86. The standard InChI is InChI=1S/C12H21N3S/c1-3-6-15-9-11(8-14-15)7-13-10-12(16-2)4-5-12/h8-9,13H,3-7,10H2,1-2H3. The molecule has 3 nitrogen and oxygen atoms in total. The van der Waals surface area contributed by atoms with Crippen LogP contribution in [0.4, 0.5) is 0 Å². The molecule has 0 unspecified atom stereocenters. The SMILES string of the molecule is CCCn1cc(CNCC2(SC)CC2)cn1. The van der Waals surface area contributed by atoms with Crippen molar-refractivity contribution >= 4 is 11.8 Å². The molecule has 0 bridgehead atoms. The first kappa shape index (κ1) is 12.0. The van der Waals surface area contributed by atoms with Crippen LogP contribution in [0, 0.1) is 0 Å². The normalized spacial score (nSPS) is 17.6. The summed E-state index contributed by atoms with van der Waals surface area (Å²) in [4.78, 5) is 0. The van der Waals surface area contributed by atoms with Gasteiger partial charge in [-0.05, 0) is 25.5 Å². The van der Waals surface area contributed by atoms with Gasteiger partial charge in [0.05, 0.1) is 6.20 Å². The molecule has 1 saturated carbocycles. The molecule has 0 aliphatic heterocycles. The summed E-state index contributed by atoms with van der Waals surface area (Å²) in [6.07, 6.45) is 10.2. The molecular formula is C12H21N3S. The minimum Gasteiger partial charge on any atom is -0.311 e. The van der Waals surface area contributed by atoms with E-state index in [0.29, 0.717) is 4.75 Å². The minimum atomic E-state index is 0.555. The van der Waals surface area contributed by atoms with Crippen molar-refractivity contribution in [1.82, 2.24) is 15.1 Å². The quantitative estimate of drug-likeness (QED) is 0.791. The van der Waals surface area contributed by atoms with E-state index in [4.69, 9.17) is 0 Å². The highest BCUT2D eigenvalue weighted by molar-refractivity contribution is 8.00. The van der Waals surface area contributed by atoms with Gasteiger partial charge in [0.2, 0.25) is 0 Å². The average Bonchev–Trinajstić information content (AvgIpc) is 2.94. The molecule has 1 N–H and O–H groups in total. The first-order valence-corrected chi connectivity index (χ1v) is 7.28. The zero-order valence-corrected chi connectivity index (χ0v) is 11.0. The highest BCUT2D eigenvalue weighted by atomic mass is 32.2. The van der Waals surface area contributed by atoms with Gasteiger partial charge >= 0.3 is 0 Å². The van der Waals surface area contributed by atoms with Crippen LogP contribution >= 0.6 is 11.8 Å². The van der Waals surface area contributed by atoms with Crippen molar-refractivity contribution in [2.45, 2.75) is 44.0 Å². The number of aryl methyl sites for hydroxylation is 1. The molecule has 2 rings (SSSR count). The van der Waals surface area contributed by atoms with E-state index in [-0.39, 0.29) is 0 Å². The summed E-state index contributed by atoms with van der Waals surface area (Å²) >= 11 is 2.00. The van der Waals surface area contributed by atoms with E-state index in [9.17, 15) is 0 Å². The summed E-state index contributed by atoms with van der Waals surface area (Å²) in [5.74, 6) is 0. The Morgan fingerprint density at radius 3 is 3.00 bits per heavy atom. The van der Waals surface area contributed by atoms with Crippen LogP contribution in [0.5, 0.6) is 0 Å². The van der Waals surface area contributed by atoms with Crippen molar-refractivity contribution < 1.29 is 0 Å². The van der Waals surface area contributed by atoms with Gasteiger partial charge in [-0.3, -0.25) is 4.68 Å². The maximum atomic E-state index is 4.33. The van der Waals surface area contributed by atoms with E-state index in [1.807, 2.05) is 22.6 Å². The van der Waals surface area contributed by atoms with Gasteiger partial charge in [0.1, 0.15) is 0 Å². The van der Waals surface area contributed by atoms with Crippen LogP contribution in [0.2, 0.25) is 0 Å². The molecule has 1 aliphatic carbocycles. The summed E-state index contributed by atoms with van der Waals surface area (Å²) in [7, 11) is 0. The Morgan fingerprint density at radius 2 is 2.38 bits per heavy atom. The van der Waals surface area contributed by atoms with Gasteiger partial charge in [0, 0.05) is 36.1 Å². The largest absolute Gasteiger partial charge is 0.311 e. The molecular weight excluding hydrogens is 218 g/mol. The van der Waals surface area contributed by atoms with Gasteiger partial charge in [-0.2, -0.15) is 16.9 Å².